The van der Waals surface area contributed by atoms with Crippen molar-refractivity contribution in [2.24, 2.45) is 0 Å². The molecule has 0 aliphatic rings. The van der Waals surface area contributed by atoms with Crippen LogP contribution in [0.1, 0.15) is 11.4 Å². The highest BCUT2D eigenvalue weighted by Gasteiger charge is 2.09. The summed E-state index contributed by atoms with van der Waals surface area (Å²) in [6.45, 7) is 3.65. The van der Waals surface area contributed by atoms with Crippen LogP contribution in [0.5, 0.6) is 0 Å². The lowest BCUT2D eigenvalue weighted by Crippen LogP contribution is -2.12. The lowest BCUT2D eigenvalue weighted by molar-refractivity contribution is 0.577. The Labute approximate surface area is 193 Å². The molecule has 0 fully saturated rings. The van der Waals surface area contributed by atoms with E-state index >= 15 is 0 Å². The van der Waals surface area contributed by atoms with Crippen molar-refractivity contribution < 1.29 is 8.83 Å². The molecule has 0 atom stereocenters. The van der Waals surface area contributed by atoms with E-state index in [1.807, 2.05) is 74.5 Å². The molecule has 0 N–H and O–H groups in total. The largest absolute Gasteiger partial charge is 0.438 e. The van der Waals surface area contributed by atoms with Crippen LogP contribution in [-0.4, -0.2) is 19.2 Å². The smallest absolute Gasteiger partial charge is 0.277 e. The average Bonchev–Trinajstić information content (AvgIpc) is 3.42. The van der Waals surface area contributed by atoms with E-state index in [-0.39, 0.29) is 11.1 Å². The van der Waals surface area contributed by atoms with Crippen LogP contribution in [0.2, 0.25) is 0 Å². The molecule has 0 saturated carbocycles. The summed E-state index contributed by atoms with van der Waals surface area (Å²) >= 11 is 0. The fraction of sp³-hybridized carbons (Fsp3) is 0.0769. The summed E-state index contributed by atoms with van der Waals surface area (Å²) < 4.78 is 13.8. The van der Waals surface area contributed by atoms with Crippen molar-refractivity contribution in [2.75, 3.05) is 0 Å². The van der Waals surface area contributed by atoms with Crippen molar-refractivity contribution in [1.82, 2.24) is 19.2 Å². The van der Waals surface area contributed by atoms with Gasteiger partial charge in [-0.25, -0.2) is 0 Å². The van der Waals surface area contributed by atoms with Crippen LogP contribution in [0.4, 0.5) is 0 Å². The summed E-state index contributed by atoms with van der Waals surface area (Å²) in [5.74, 6) is 1.12. The van der Waals surface area contributed by atoms with Crippen molar-refractivity contribution >= 4 is 11.4 Å². The van der Waals surface area contributed by atoms with Crippen LogP contribution in [0, 0.1) is 13.8 Å². The first kappa shape index (κ1) is 21.1. The second kappa shape index (κ2) is 8.67. The van der Waals surface area contributed by atoms with Gasteiger partial charge in [0.2, 0.25) is 11.4 Å². The average molecular weight is 452 g/mol. The molecule has 6 rings (SSSR count). The third kappa shape index (κ3) is 4.16. The van der Waals surface area contributed by atoms with Gasteiger partial charge in [0.15, 0.2) is 0 Å². The number of fused-ring (bicyclic) bond motifs is 2. The van der Waals surface area contributed by atoms with E-state index in [4.69, 9.17) is 8.83 Å². The molecule has 2 aromatic carbocycles. The van der Waals surface area contributed by atoms with Gasteiger partial charge in [-0.2, -0.15) is 19.2 Å². The molecule has 4 heterocycles. The highest BCUT2D eigenvalue weighted by molar-refractivity contribution is 5.59. The summed E-state index contributed by atoms with van der Waals surface area (Å²) in [7, 11) is 0. The van der Waals surface area contributed by atoms with Crippen molar-refractivity contribution in [1.29, 1.82) is 0 Å². The topological polar surface area (TPSA) is 95.0 Å². The summed E-state index contributed by atoms with van der Waals surface area (Å²) in [6.07, 6.45) is 0. The van der Waals surface area contributed by atoms with Gasteiger partial charge in [0.1, 0.15) is 11.5 Å². The minimum absolute atomic E-state index is 0.182. The van der Waals surface area contributed by atoms with Crippen LogP contribution < -0.4 is 11.1 Å². The molecule has 0 unspecified atom stereocenters. The van der Waals surface area contributed by atoms with Gasteiger partial charge in [-0.05, 0) is 13.8 Å². The van der Waals surface area contributed by atoms with Crippen LogP contribution in [0.15, 0.2) is 103 Å². The highest BCUT2D eigenvalue weighted by atomic mass is 16.4. The molecule has 8 nitrogen and oxygen atoms in total. The first-order valence-electron chi connectivity index (χ1n) is 10.6. The Kier molecular flexibility index (Phi) is 5.39. The van der Waals surface area contributed by atoms with E-state index in [2.05, 4.69) is 10.2 Å². The van der Waals surface area contributed by atoms with E-state index < -0.39 is 0 Å². The Balaban J connectivity index is 0.000000142. The zero-order valence-corrected chi connectivity index (χ0v) is 18.5. The summed E-state index contributed by atoms with van der Waals surface area (Å²) in [5.41, 5.74) is 3.85. The molecule has 0 aliphatic carbocycles. The van der Waals surface area contributed by atoms with Gasteiger partial charge in [0.25, 0.3) is 11.1 Å². The van der Waals surface area contributed by atoms with Crippen molar-refractivity contribution in [2.45, 2.75) is 13.8 Å². The van der Waals surface area contributed by atoms with Crippen LogP contribution in [-0.2, 0) is 0 Å². The van der Waals surface area contributed by atoms with Gasteiger partial charge in [-0.3, -0.25) is 9.59 Å². The van der Waals surface area contributed by atoms with E-state index in [0.29, 0.717) is 22.9 Å². The van der Waals surface area contributed by atoms with Gasteiger partial charge in [-0.1, -0.05) is 60.7 Å². The fourth-order valence-corrected chi connectivity index (χ4v) is 3.53. The number of hydrogen-bond acceptors (Lipinski definition) is 6. The van der Waals surface area contributed by atoms with Gasteiger partial charge >= 0.3 is 0 Å². The molecule has 0 saturated heterocycles. The lowest BCUT2D eigenvalue weighted by atomic mass is 10.2. The maximum atomic E-state index is 11.8. The molecular weight excluding hydrogens is 432 g/mol. The van der Waals surface area contributed by atoms with E-state index in [1.165, 1.54) is 21.2 Å². The number of rotatable bonds is 2. The first-order chi connectivity index (χ1) is 16.5. The highest BCUT2D eigenvalue weighted by Crippen LogP contribution is 2.20. The normalized spacial score (nSPS) is 10.9. The number of benzene rings is 2. The molecular formula is C26H20N4O4. The lowest BCUT2D eigenvalue weighted by Gasteiger charge is -2.00. The standard InChI is InChI=1S/2C13H10N2O2/c2*1-9-7-13-15(14-9)12(16)8-11(17-13)10-5-3-2-4-6-10/h2*2-8H,1H3. The third-order valence-corrected chi connectivity index (χ3v) is 5.07. The Morgan fingerprint density at radius 3 is 1.35 bits per heavy atom. The van der Waals surface area contributed by atoms with Gasteiger partial charge < -0.3 is 8.83 Å². The van der Waals surface area contributed by atoms with Crippen LogP contribution in [0.25, 0.3) is 34.1 Å². The van der Waals surface area contributed by atoms with Crippen LogP contribution in [0.3, 0.4) is 0 Å². The minimum Gasteiger partial charge on any atom is -0.438 e. The maximum absolute atomic E-state index is 11.8. The molecule has 34 heavy (non-hydrogen) atoms. The molecule has 0 aliphatic heterocycles. The minimum atomic E-state index is -0.182. The molecule has 0 bridgehead atoms. The van der Waals surface area contributed by atoms with E-state index in [9.17, 15) is 9.59 Å². The Morgan fingerprint density at radius 1 is 0.588 bits per heavy atom. The fourth-order valence-electron chi connectivity index (χ4n) is 3.53. The SMILES string of the molecule is Cc1cc2oc(-c3ccccc3)cc(=O)n2n1.Cc1cc2oc(-c3ccccc3)cc(=O)n2n1. The molecule has 0 spiro atoms. The molecule has 0 radical (unpaired) electrons. The first-order valence-corrected chi connectivity index (χ1v) is 10.6. The summed E-state index contributed by atoms with van der Waals surface area (Å²) in [4.78, 5) is 23.7. The summed E-state index contributed by atoms with van der Waals surface area (Å²) in [5, 5.41) is 8.12. The predicted molar refractivity (Wildman–Crippen MR) is 128 cm³/mol. The van der Waals surface area contributed by atoms with E-state index in [1.54, 1.807) is 12.1 Å². The zero-order chi connectivity index (χ0) is 23.7. The third-order valence-electron chi connectivity index (χ3n) is 5.07. The molecule has 8 heteroatoms. The van der Waals surface area contributed by atoms with Crippen molar-refractivity contribution in [3.63, 3.8) is 0 Å². The quantitative estimate of drug-likeness (QED) is 0.383. The summed E-state index contributed by atoms with van der Waals surface area (Å²) in [6, 6.07) is 25.5. The van der Waals surface area contributed by atoms with Crippen molar-refractivity contribution in [3.8, 4) is 22.6 Å². The van der Waals surface area contributed by atoms with Gasteiger partial charge in [-0.15, -0.1) is 0 Å². The Bertz CT molecular complexity index is 1580. The number of nitrogens with zero attached hydrogens (tertiary/aromatic N) is 4. The molecule has 0 amide bonds. The van der Waals surface area contributed by atoms with Gasteiger partial charge in [0.05, 0.1) is 11.4 Å². The van der Waals surface area contributed by atoms with Crippen LogP contribution >= 0.6 is 0 Å². The number of hydrogen-bond donors (Lipinski definition) is 0. The second-order valence-corrected chi connectivity index (χ2v) is 7.70. The second-order valence-electron chi connectivity index (χ2n) is 7.70. The Morgan fingerprint density at radius 2 is 0.971 bits per heavy atom. The predicted octanol–water partition coefficient (Wildman–Crippen LogP) is 4.53. The maximum Gasteiger partial charge on any atom is 0.277 e. The van der Waals surface area contributed by atoms with Crippen molar-refractivity contribution in [3.05, 3.63) is 117 Å². The number of aryl methyl sites for hydroxylation is 2. The zero-order valence-electron chi connectivity index (χ0n) is 18.5. The number of aromatic nitrogens is 4. The molecule has 4 aromatic heterocycles. The molecule has 6 aromatic rings. The Hall–Kier alpha value is -4.72. The van der Waals surface area contributed by atoms with Gasteiger partial charge in [0, 0.05) is 35.4 Å². The monoisotopic (exact) mass is 452 g/mol. The van der Waals surface area contributed by atoms with E-state index in [0.717, 1.165) is 22.5 Å². The molecule has 168 valence electrons.